The normalized spacial score (nSPS) is 22.7. The second-order valence-electron chi connectivity index (χ2n) is 6.01. The molecule has 4 heteroatoms. The van der Waals surface area contributed by atoms with Gasteiger partial charge in [0.05, 0.1) is 0 Å². The van der Waals surface area contributed by atoms with E-state index in [0.29, 0.717) is 17.9 Å². The fourth-order valence-electron chi connectivity index (χ4n) is 3.36. The van der Waals surface area contributed by atoms with E-state index in [1.54, 1.807) is 0 Å². The first kappa shape index (κ1) is 16.8. The number of hydrogen-bond acceptors (Lipinski definition) is 2. The lowest BCUT2D eigenvalue weighted by atomic mass is 9.95. The van der Waals surface area contributed by atoms with E-state index in [1.165, 1.54) is 38.5 Å². The summed E-state index contributed by atoms with van der Waals surface area (Å²) in [6.45, 7) is 1.91. The molecule has 2 fully saturated rings. The highest BCUT2D eigenvalue weighted by atomic mass is 35.5. The van der Waals surface area contributed by atoms with Gasteiger partial charge in [-0.25, -0.2) is 0 Å². The first-order chi connectivity index (χ1) is 8.79. The first-order valence-corrected chi connectivity index (χ1v) is 7.74. The molecule has 0 aromatic rings. The third-order valence-corrected chi connectivity index (χ3v) is 4.69. The van der Waals surface area contributed by atoms with Crippen LogP contribution in [0, 0.1) is 5.92 Å². The van der Waals surface area contributed by atoms with Crippen LogP contribution in [-0.4, -0.2) is 37.0 Å². The Bertz CT molecular complexity index is 257. The zero-order valence-corrected chi connectivity index (χ0v) is 13.0. The van der Waals surface area contributed by atoms with Crippen LogP contribution in [-0.2, 0) is 4.79 Å². The SMILES string of the molecule is CNC1CCN(C(=O)CC2CCCCCC2)CC1.Cl. The molecule has 1 amide bonds. The number of piperidine rings is 1. The number of likely N-dealkylation sites (tertiary alicyclic amines) is 1. The predicted octanol–water partition coefficient (Wildman–Crippen LogP) is 2.98. The maximum absolute atomic E-state index is 12.3. The van der Waals surface area contributed by atoms with Crippen molar-refractivity contribution in [2.24, 2.45) is 5.92 Å². The highest BCUT2D eigenvalue weighted by Crippen LogP contribution is 2.26. The number of halogens is 1. The van der Waals surface area contributed by atoms with E-state index < -0.39 is 0 Å². The number of carbonyl (C=O) groups is 1. The summed E-state index contributed by atoms with van der Waals surface area (Å²) in [4.78, 5) is 14.4. The van der Waals surface area contributed by atoms with E-state index in [1.807, 2.05) is 7.05 Å². The lowest BCUT2D eigenvalue weighted by Gasteiger charge is -2.32. The maximum atomic E-state index is 12.3. The minimum Gasteiger partial charge on any atom is -0.343 e. The molecule has 1 N–H and O–H groups in total. The fourth-order valence-corrected chi connectivity index (χ4v) is 3.36. The number of carbonyl (C=O) groups excluding carboxylic acids is 1. The smallest absolute Gasteiger partial charge is 0.222 e. The van der Waals surface area contributed by atoms with Gasteiger partial charge >= 0.3 is 0 Å². The van der Waals surface area contributed by atoms with Crippen LogP contribution in [0.5, 0.6) is 0 Å². The molecule has 0 unspecified atom stereocenters. The van der Waals surface area contributed by atoms with Gasteiger partial charge in [0.15, 0.2) is 0 Å². The first-order valence-electron chi connectivity index (χ1n) is 7.74. The molecule has 1 heterocycles. The van der Waals surface area contributed by atoms with Crippen molar-refractivity contribution < 1.29 is 4.79 Å². The molecule has 0 bridgehead atoms. The average Bonchev–Trinajstić information content (AvgIpc) is 2.67. The molecule has 112 valence electrons. The summed E-state index contributed by atoms with van der Waals surface area (Å²) >= 11 is 0. The van der Waals surface area contributed by atoms with Gasteiger partial charge < -0.3 is 10.2 Å². The van der Waals surface area contributed by atoms with Crippen LogP contribution >= 0.6 is 12.4 Å². The van der Waals surface area contributed by atoms with Gasteiger partial charge in [0.25, 0.3) is 0 Å². The lowest BCUT2D eigenvalue weighted by Crippen LogP contribution is -2.44. The molecule has 19 heavy (non-hydrogen) atoms. The zero-order chi connectivity index (χ0) is 12.8. The summed E-state index contributed by atoms with van der Waals surface area (Å²) in [6.07, 6.45) is 11.0. The van der Waals surface area contributed by atoms with Crippen LogP contribution in [0.4, 0.5) is 0 Å². The monoisotopic (exact) mass is 288 g/mol. The molecule has 2 rings (SSSR count). The Morgan fingerprint density at radius 3 is 2.16 bits per heavy atom. The van der Waals surface area contributed by atoms with Crippen molar-refractivity contribution >= 4 is 18.3 Å². The minimum absolute atomic E-state index is 0. The van der Waals surface area contributed by atoms with Crippen molar-refractivity contribution in [1.82, 2.24) is 10.2 Å². The molecule has 3 nitrogen and oxygen atoms in total. The molecule has 1 aliphatic carbocycles. The van der Waals surface area contributed by atoms with E-state index in [9.17, 15) is 4.79 Å². The Balaban J connectivity index is 0.00000180. The Kier molecular flexibility index (Phi) is 7.77. The van der Waals surface area contributed by atoms with Gasteiger partial charge in [-0.1, -0.05) is 25.7 Å². The second kappa shape index (κ2) is 8.80. The summed E-state index contributed by atoms with van der Waals surface area (Å²) in [7, 11) is 2.02. The van der Waals surface area contributed by atoms with E-state index in [-0.39, 0.29) is 12.4 Å². The van der Waals surface area contributed by atoms with Crippen molar-refractivity contribution in [3.8, 4) is 0 Å². The van der Waals surface area contributed by atoms with Crippen molar-refractivity contribution in [3.05, 3.63) is 0 Å². The van der Waals surface area contributed by atoms with Crippen molar-refractivity contribution in [2.75, 3.05) is 20.1 Å². The molecule has 1 saturated heterocycles. The van der Waals surface area contributed by atoms with Gasteiger partial charge in [0.2, 0.25) is 5.91 Å². The number of amides is 1. The van der Waals surface area contributed by atoms with Gasteiger partial charge in [-0.3, -0.25) is 4.79 Å². The molecular weight excluding hydrogens is 260 g/mol. The zero-order valence-electron chi connectivity index (χ0n) is 12.2. The van der Waals surface area contributed by atoms with E-state index in [2.05, 4.69) is 10.2 Å². The van der Waals surface area contributed by atoms with Crippen LogP contribution < -0.4 is 5.32 Å². The van der Waals surface area contributed by atoms with Crippen molar-refractivity contribution in [2.45, 2.75) is 63.8 Å². The molecule has 0 aromatic carbocycles. The number of rotatable bonds is 3. The van der Waals surface area contributed by atoms with Gasteiger partial charge in [-0.2, -0.15) is 0 Å². The van der Waals surface area contributed by atoms with Crippen LogP contribution in [0.1, 0.15) is 57.8 Å². The molecule has 2 aliphatic rings. The van der Waals surface area contributed by atoms with E-state index >= 15 is 0 Å². The summed E-state index contributed by atoms with van der Waals surface area (Å²) in [5.74, 6) is 1.08. The summed E-state index contributed by atoms with van der Waals surface area (Å²) in [5.41, 5.74) is 0. The predicted molar refractivity (Wildman–Crippen MR) is 81.7 cm³/mol. The van der Waals surface area contributed by atoms with Gasteiger partial charge in [0, 0.05) is 25.6 Å². The van der Waals surface area contributed by atoms with E-state index in [0.717, 1.165) is 32.4 Å². The molecular formula is C15H29ClN2O. The average molecular weight is 289 g/mol. The second-order valence-corrected chi connectivity index (χ2v) is 6.01. The van der Waals surface area contributed by atoms with Crippen molar-refractivity contribution in [1.29, 1.82) is 0 Å². The topological polar surface area (TPSA) is 32.3 Å². The molecule has 0 atom stereocenters. The Morgan fingerprint density at radius 1 is 1.05 bits per heavy atom. The highest BCUT2D eigenvalue weighted by molar-refractivity contribution is 5.85. The Morgan fingerprint density at radius 2 is 1.63 bits per heavy atom. The Labute approximate surface area is 123 Å². The highest BCUT2D eigenvalue weighted by Gasteiger charge is 2.24. The molecule has 0 spiro atoms. The number of nitrogens with zero attached hydrogens (tertiary/aromatic N) is 1. The third-order valence-electron chi connectivity index (χ3n) is 4.69. The third kappa shape index (κ3) is 5.31. The molecule has 1 saturated carbocycles. The number of hydrogen-bond donors (Lipinski definition) is 1. The van der Waals surface area contributed by atoms with Crippen molar-refractivity contribution in [3.63, 3.8) is 0 Å². The minimum atomic E-state index is 0. The van der Waals surface area contributed by atoms with Gasteiger partial charge in [0.1, 0.15) is 0 Å². The van der Waals surface area contributed by atoms with Gasteiger partial charge in [-0.05, 0) is 38.6 Å². The quantitative estimate of drug-likeness (QED) is 0.810. The van der Waals surface area contributed by atoms with Crippen LogP contribution in [0.2, 0.25) is 0 Å². The molecule has 1 aliphatic heterocycles. The molecule has 0 aromatic heterocycles. The van der Waals surface area contributed by atoms with E-state index in [4.69, 9.17) is 0 Å². The van der Waals surface area contributed by atoms with Crippen LogP contribution in [0.25, 0.3) is 0 Å². The van der Waals surface area contributed by atoms with Gasteiger partial charge in [-0.15, -0.1) is 12.4 Å². The summed E-state index contributed by atoms with van der Waals surface area (Å²) in [5, 5.41) is 3.32. The number of nitrogens with one attached hydrogen (secondary N) is 1. The largest absolute Gasteiger partial charge is 0.343 e. The molecule has 0 radical (unpaired) electrons. The van der Waals surface area contributed by atoms with Crippen LogP contribution in [0.15, 0.2) is 0 Å². The summed E-state index contributed by atoms with van der Waals surface area (Å²) in [6, 6.07) is 0.618. The van der Waals surface area contributed by atoms with Crippen LogP contribution in [0.3, 0.4) is 0 Å². The Hall–Kier alpha value is -0.280. The maximum Gasteiger partial charge on any atom is 0.222 e. The lowest BCUT2D eigenvalue weighted by molar-refractivity contribution is -0.133. The standard InChI is InChI=1S/C15H28N2O.ClH/c1-16-14-8-10-17(11-9-14)15(18)12-13-6-4-2-3-5-7-13;/h13-14,16H,2-12H2,1H3;1H. The fraction of sp³-hybridized carbons (Fsp3) is 0.933. The summed E-state index contributed by atoms with van der Waals surface area (Å²) < 4.78 is 0.